The number of hydrogen-bond acceptors (Lipinski definition) is 5. The number of piperidine rings is 1. The van der Waals surface area contributed by atoms with E-state index in [2.05, 4.69) is 23.7 Å². The first-order valence-corrected chi connectivity index (χ1v) is 8.76. The number of ether oxygens (including phenoxy) is 1. The maximum Gasteiger partial charge on any atom is 0.358 e. The van der Waals surface area contributed by atoms with Crippen LogP contribution in [0.25, 0.3) is 0 Å². The molecule has 1 aliphatic heterocycles. The van der Waals surface area contributed by atoms with E-state index < -0.39 is 0 Å². The highest BCUT2D eigenvalue weighted by Gasteiger charge is 2.32. The molecule has 0 N–H and O–H groups in total. The van der Waals surface area contributed by atoms with Crippen molar-refractivity contribution in [2.45, 2.75) is 53.4 Å². The number of esters is 1. The Kier molecular flexibility index (Phi) is 5.25. The van der Waals surface area contributed by atoms with Crippen molar-refractivity contribution < 1.29 is 9.53 Å². The molecule has 0 bridgehead atoms. The van der Waals surface area contributed by atoms with Gasteiger partial charge in [-0.25, -0.2) is 9.78 Å². The fraction of sp³-hybridized carbons (Fsp3) is 0.750. The number of anilines is 1. The molecule has 0 atom stereocenters. The fourth-order valence-electron chi connectivity index (χ4n) is 3.04. The first-order chi connectivity index (χ1) is 10.0. The predicted molar refractivity (Wildman–Crippen MR) is 87.3 cm³/mol. The van der Waals surface area contributed by atoms with E-state index in [1.807, 2.05) is 13.8 Å². The second-order valence-electron chi connectivity index (χ2n) is 5.82. The lowest BCUT2D eigenvalue weighted by atomic mass is 9.74. The molecule has 1 aliphatic rings. The third-order valence-corrected chi connectivity index (χ3v) is 5.88. The van der Waals surface area contributed by atoms with Gasteiger partial charge in [0.15, 0.2) is 10.8 Å². The molecule has 0 unspecified atom stereocenters. The lowest BCUT2D eigenvalue weighted by molar-refractivity contribution is 0.0519. The normalized spacial score (nSPS) is 17.8. The number of aromatic nitrogens is 1. The van der Waals surface area contributed by atoms with Crippen LogP contribution in [0, 0.1) is 12.3 Å². The van der Waals surface area contributed by atoms with E-state index in [0.717, 1.165) is 23.1 Å². The standard InChI is InChI=1S/C16H26N2O2S/c1-5-16(6-2)8-10-18(11-9-16)15-17-13(12(4)21-15)14(19)20-7-3/h5-11H2,1-4H3. The smallest absolute Gasteiger partial charge is 0.358 e. The molecular formula is C16H26N2O2S. The first kappa shape index (κ1) is 16.3. The minimum atomic E-state index is -0.300. The van der Waals surface area contributed by atoms with Gasteiger partial charge in [0.05, 0.1) is 6.61 Å². The molecule has 21 heavy (non-hydrogen) atoms. The molecule has 0 aliphatic carbocycles. The molecule has 0 saturated carbocycles. The molecule has 0 spiro atoms. The summed E-state index contributed by atoms with van der Waals surface area (Å²) in [5.41, 5.74) is 0.993. The van der Waals surface area contributed by atoms with E-state index in [1.165, 1.54) is 25.7 Å². The van der Waals surface area contributed by atoms with E-state index in [4.69, 9.17) is 4.74 Å². The van der Waals surface area contributed by atoms with Crippen LogP contribution in [-0.4, -0.2) is 30.6 Å². The van der Waals surface area contributed by atoms with Gasteiger partial charge in [-0.05, 0) is 32.1 Å². The van der Waals surface area contributed by atoms with Crippen molar-refractivity contribution in [3.8, 4) is 0 Å². The number of nitrogens with zero attached hydrogens (tertiary/aromatic N) is 2. The Morgan fingerprint density at radius 1 is 1.29 bits per heavy atom. The van der Waals surface area contributed by atoms with Crippen molar-refractivity contribution in [1.82, 2.24) is 4.98 Å². The van der Waals surface area contributed by atoms with Crippen molar-refractivity contribution in [2.75, 3.05) is 24.6 Å². The number of hydrogen-bond donors (Lipinski definition) is 0. The molecular weight excluding hydrogens is 284 g/mol. The average molecular weight is 310 g/mol. The summed E-state index contributed by atoms with van der Waals surface area (Å²) in [4.78, 5) is 19.7. The van der Waals surface area contributed by atoms with Gasteiger partial charge in [0.25, 0.3) is 0 Å². The maximum atomic E-state index is 11.9. The van der Waals surface area contributed by atoms with Crippen LogP contribution in [0.5, 0.6) is 0 Å². The van der Waals surface area contributed by atoms with Crippen LogP contribution in [0.4, 0.5) is 5.13 Å². The fourth-order valence-corrected chi connectivity index (χ4v) is 3.98. The minimum absolute atomic E-state index is 0.300. The summed E-state index contributed by atoms with van der Waals surface area (Å²) < 4.78 is 5.06. The average Bonchev–Trinajstić information content (AvgIpc) is 2.89. The summed E-state index contributed by atoms with van der Waals surface area (Å²) in [5, 5.41) is 0.969. The summed E-state index contributed by atoms with van der Waals surface area (Å²) in [6, 6.07) is 0. The molecule has 5 heteroatoms. The molecule has 1 aromatic rings. The maximum absolute atomic E-state index is 11.9. The lowest BCUT2D eigenvalue weighted by Gasteiger charge is -2.40. The molecule has 0 amide bonds. The number of rotatable bonds is 5. The molecule has 0 aromatic carbocycles. The Morgan fingerprint density at radius 3 is 2.43 bits per heavy atom. The second-order valence-corrected chi connectivity index (χ2v) is 7.00. The van der Waals surface area contributed by atoms with Gasteiger partial charge in [-0.2, -0.15) is 0 Å². The van der Waals surface area contributed by atoms with Gasteiger partial charge in [0.1, 0.15) is 0 Å². The monoisotopic (exact) mass is 310 g/mol. The van der Waals surface area contributed by atoms with Gasteiger partial charge in [-0.15, -0.1) is 11.3 Å². The molecule has 0 radical (unpaired) electrons. The molecule has 118 valence electrons. The Morgan fingerprint density at radius 2 is 1.90 bits per heavy atom. The van der Waals surface area contributed by atoms with Gasteiger partial charge in [-0.3, -0.25) is 0 Å². The van der Waals surface area contributed by atoms with Gasteiger partial charge >= 0.3 is 5.97 Å². The third kappa shape index (κ3) is 3.39. The van der Waals surface area contributed by atoms with Crippen LogP contribution in [-0.2, 0) is 4.74 Å². The van der Waals surface area contributed by atoms with Crippen molar-refractivity contribution >= 4 is 22.4 Å². The summed E-state index contributed by atoms with van der Waals surface area (Å²) >= 11 is 1.60. The lowest BCUT2D eigenvalue weighted by Crippen LogP contribution is -2.39. The van der Waals surface area contributed by atoms with E-state index in [0.29, 0.717) is 17.7 Å². The van der Waals surface area contributed by atoms with Crippen molar-refractivity contribution in [3.63, 3.8) is 0 Å². The Labute approximate surface area is 131 Å². The summed E-state index contributed by atoms with van der Waals surface area (Å²) in [6.45, 7) is 10.8. The number of carbonyl (C=O) groups excluding carboxylic acids is 1. The van der Waals surface area contributed by atoms with Gasteiger partial charge in [-0.1, -0.05) is 26.7 Å². The zero-order chi connectivity index (χ0) is 15.5. The highest BCUT2D eigenvalue weighted by atomic mass is 32.1. The minimum Gasteiger partial charge on any atom is -0.461 e. The quantitative estimate of drug-likeness (QED) is 0.770. The van der Waals surface area contributed by atoms with Crippen molar-refractivity contribution in [2.24, 2.45) is 5.41 Å². The highest BCUT2D eigenvalue weighted by Crippen LogP contribution is 2.40. The molecule has 4 nitrogen and oxygen atoms in total. The molecule has 2 rings (SSSR count). The van der Waals surface area contributed by atoms with E-state index in [9.17, 15) is 4.79 Å². The Balaban J connectivity index is 2.07. The second kappa shape index (κ2) is 6.77. The largest absolute Gasteiger partial charge is 0.461 e. The van der Waals surface area contributed by atoms with Crippen LogP contribution in [0.1, 0.15) is 61.8 Å². The molecule has 1 saturated heterocycles. The first-order valence-electron chi connectivity index (χ1n) is 7.94. The van der Waals surface area contributed by atoms with Gasteiger partial charge < -0.3 is 9.64 Å². The van der Waals surface area contributed by atoms with Gasteiger partial charge in [0.2, 0.25) is 0 Å². The summed E-state index contributed by atoms with van der Waals surface area (Å²) in [5.74, 6) is -0.300. The van der Waals surface area contributed by atoms with E-state index in [-0.39, 0.29) is 5.97 Å². The number of aryl methyl sites for hydroxylation is 1. The Hall–Kier alpha value is -1.10. The van der Waals surface area contributed by atoms with Crippen LogP contribution >= 0.6 is 11.3 Å². The zero-order valence-corrected chi connectivity index (χ0v) is 14.4. The highest BCUT2D eigenvalue weighted by molar-refractivity contribution is 7.15. The summed E-state index contributed by atoms with van der Waals surface area (Å²) in [7, 11) is 0. The van der Waals surface area contributed by atoms with Crippen LogP contribution in [0.15, 0.2) is 0 Å². The predicted octanol–water partition coefficient (Wildman–Crippen LogP) is 4.03. The zero-order valence-electron chi connectivity index (χ0n) is 13.6. The third-order valence-electron chi connectivity index (χ3n) is 4.85. The topological polar surface area (TPSA) is 42.4 Å². The molecule has 2 heterocycles. The number of carbonyl (C=O) groups is 1. The van der Waals surface area contributed by atoms with Gasteiger partial charge in [0, 0.05) is 18.0 Å². The van der Waals surface area contributed by atoms with Crippen LogP contribution in [0.3, 0.4) is 0 Å². The Bertz CT molecular complexity index is 484. The molecule has 1 aromatic heterocycles. The van der Waals surface area contributed by atoms with Crippen LogP contribution in [0.2, 0.25) is 0 Å². The molecule has 1 fully saturated rings. The van der Waals surface area contributed by atoms with E-state index in [1.54, 1.807) is 11.3 Å². The SMILES string of the molecule is CCOC(=O)c1nc(N2CCC(CC)(CC)CC2)sc1C. The van der Waals surface area contributed by atoms with E-state index >= 15 is 0 Å². The van der Waals surface area contributed by atoms with Crippen molar-refractivity contribution in [1.29, 1.82) is 0 Å². The summed E-state index contributed by atoms with van der Waals surface area (Å²) in [6.07, 6.45) is 4.94. The van der Waals surface area contributed by atoms with Crippen LogP contribution < -0.4 is 4.90 Å². The van der Waals surface area contributed by atoms with Crippen molar-refractivity contribution in [3.05, 3.63) is 10.6 Å². The number of thiazole rings is 1.